The highest BCUT2D eigenvalue weighted by Crippen LogP contribution is 1.85. The lowest BCUT2D eigenvalue weighted by atomic mass is 11.0. The van der Waals surface area contributed by atoms with Crippen LogP contribution in [0.25, 0.3) is 0 Å². The number of rotatable bonds is 0. The zero-order valence-electron chi connectivity index (χ0n) is 5.54. The zero-order valence-corrected chi connectivity index (χ0v) is 6.30. The van der Waals surface area contributed by atoms with E-state index in [1.165, 1.54) is 5.54 Å². The molecule has 0 aliphatic rings. The molecule has 10 heavy (non-hydrogen) atoms. The van der Waals surface area contributed by atoms with Crippen molar-refractivity contribution in [1.29, 1.82) is 0 Å². The molecule has 0 aromatic carbocycles. The fourth-order valence-electron chi connectivity index (χ4n) is 0. The molecule has 0 unspecified atom stereocenters. The van der Waals surface area contributed by atoms with E-state index in [1.807, 2.05) is 0 Å². The van der Waals surface area contributed by atoms with Gasteiger partial charge in [0.15, 0.2) is 0 Å². The van der Waals surface area contributed by atoms with E-state index >= 15 is 0 Å². The largest absolute Gasteiger partial charge is 0.263 e. The van der Waals surface area contributed by atoms with Gasteiger partial charge >= 0.3 is 0 Å². The first-order valence-electron chi connectivity index (χ1n) is 2.07. The average molecular weight is 167 g/mol. The van der Waals surface area contributed by atoms with E-state index in [-0.39, 0.29) is 0 Å². The maximum Gasteiger partial charge on any atom is 0.263 e. The van der Waals surface area contributed by atoms with E-state index in [9.17, 15) is 8.78 Å². The molecule has 0 fully saturated rings. The summed E-state index contributed by atoms with van der Waals surface area (Å²) < 4.78 is 20.3. The smallest absolute Gasteiger partial charge is 0.174 e. The Kier molecular flexibility index (Phi) is 38.9. The molecule has 0 aromatic rings. The van der Waals surface area contributed by atoms with Crippen molar-refractivity contribution < 1.29 is 8.78 Å². The van der Waals surface area contributed by atoms with Crippen molar-refractivity contribution in [2.45, 2.75) is 0 Å². The average Bonchev–Trinajstić information content (AvgIpc) is 1.65. The molecular weight excluding hydrogens is 158 g/mol. The van der Waals surface area contributed by atoms with Crippen molar-refractivity contribution in [3.05, 3.63) is 43.7 Å². The summed E-state index contributed by atoms with van der Waals surface area (Å²) in [6, 6.07) is 0. The molecule has 0 nitrogen and oxygen atoms in total. The Bertz CT molecular complexity index is 109. The lowest BCUT2D eigenvalue weighted by Crippen LogP contribution is -1.33. The van der Waals surface area contributed by atoms with Crippen molar-refractivity contribution in [2.24, 2.45) is 0 Å². The summed E-state index contributed by atoms with van der Waals surface area (Å²) in [7, 11) is 0. The Morgan fingerprint density at radius 1 is 1.40 bits per heavy atom. The standard InChI is InChI=1S/C3H4.C2H3Cl.C2H2F2/c1-3-2;1-2-3;1-2(3)4/h1-2H2;2H,1H2;1H2. The second kappa shape index (κ2) is 24.2. The maximum absolute atomic E-state index is 10.1. The molecule has 58 valence electrons. The summed E-state index contributed by atoms with van der Waals surface area (Å²) in [5.41, 5.74) is 3.47. The van der Waals surface area contributed by atoms with Crippen molar-refractivity contribution in [2.75, 3.05) is 0 Å². The van der Waals surface area contributed by atoms with E-state index in [0.717, 1.165) is 0 Å². The van der Waals surface area contributed by atoms with Crippen LogP contribution in [0.15, 0.2) is 43.7 Å². The summed E-state index contributed by atoms with van der Waals surface area (Å²) in [5.74, 6) is 0. The summed E-state index contributed by atoms with van der Waals surface area (Å²) in [6.45, 7) is 11.6. The Morgan fingerprint density at radius 3 is 1.40 bits per heavy atom. The first-order chi connectivity index (χ1) is 4.56. The van der Waals surface area contributed by atoms with E-state index in [2.05, 4.69) is 32.0 Å². The lowest BCUT2D eigenvalue weighted by Gasteiger charge is -1.54. The Hall–Kier alpha value is -0.850. The first kappa shape index (κ1) is 16.1. The van der Waals surface area contributed by atoms with Crippen LogP contribution in [-0.2, 0) is 0 Å². The third-order valence-electron chi connectivity index (χ3n) is 0. The SMILES string of the molecule is C=C(F)F.C=C=C.C=CCl. The van der Waals surface area contributed by atoms with Crippen LogP contribution in [0, 0.1) is 0 Å². The quantitative estimate of drug-likeness (QED) is 0.481. The highest BCUT2D eigenvalue weighted by molar-refractivity contribution is 6.25. The van der Waals surface area contributed by atoms with Crippen LogP contribution in [-0.4, -0.2) is 0 Å². The summed E-state index contributed by atoms with van der Waals surface area (Å²) in [5, 5.41) is 0. The molecule has 3 heteroatoms. The maximum atomic E-state index is 10.1. The van der Waals surface area contributed by atoms with Gasteiger partial charge in [0.25, 0.3) is 6.08 Å². The van der Waals surface area contributed by atoms with E-state index in [4.69, 9.17) is 11.6 Å². The second-order valence-corrected chi connectivity index (χ2v) is 1.05. The molecule has 0 aliphatic heterocycles. The Balaban J connectivity index is -0.0000000750. The van der Waals surface area contributed by atoms with E-state index in [1.54, 1.807) is 0 Å². The summed E-state index contributed by atoms with van der Waals surface area (Å²) >= 11 is 4.76. The minimum Gasteiger partial charge on any atom is -0.174 e. The molecule has 0 N–H and O–H groups in total. The second-order valence-electron chi connectivity index (χ2n) is 0.743. The van der Waals surface area contributed by atoms with Gasteiger partial charge in [-0.2, -0.15) is 8.78 Å². The van der Waals surface area contributed by atoms with Gasteiger partial charge in [0.1, 0.15) is 0 Å². The minimum absolute atomic E-state index is 1.22. The monoisotopic (exact) mass is 166 g/mol. The van der Waals surface area contributed by atoms with Gasteiger partial charge in [-0.15, -0.1) is 5.73 Å². The topological polar surface area (TPSA) is 0 Å². The molecule has 0 bridgehead atoms. The van der Waals surface area contributed by atoms with Gasteiger partial charge < -0.3 is 0 Å². The summed E-state index contributed by atoms with van der Waals surface area (Å²) in [6.07, 6.45) is -1.83. The van der Waals surface area contributed by atoms with Crippen molar-refractivity contribution in [3.8, 4) is 0 Å². The normalized spacial score (nSPS) is 4.70. The van der Waals surface area contributed by atoms with Gasteiger partial charge in [0, 0.05) is 0 Å². The van der Waals surface area contributed by atoms with Crippen LogP contribution in [0.3, 0.4) is 0 Å². The number of halogens is 3. The van der Waals surface area contributed by atoms with Crippen molar-refractivity contribution in [1.82, 2.24) is 0 Å². The number of hydrogen-bond acceptors (Lipinski definition) is 0. The molecular formula is C7H9ClF2. The molecule has 0 radical (unpaired) electrons. The van der Waals surface area contributed by atoms with Gasteiger partial charge in [-0.05, 0) is 12.1 Å². The van der Waals surface area contributed by atoms with Gasteiger partial charge in [-0.25, -0.2) is 0 Å². The van der Waals surface area contributed by atoms with Crippen LogP contribution >= 0.6 is 11.6 Å². The molecule has 0 heterocycles. The first-order valence-corrected chi connectivity index (χ1v) is 2.50. The highest BCUT2D eigenvalue weighted by Gasteiger charge is 1.65. The van der Waals surface area contributed by atoms with Gasteiger partial charge in [0.2, 0.25) is 0 Å². The van der Waals surface area contributed by atoms with Gasteiger partial charge in [-0.1, -0.05) is 31.3 Å². The third-order valence-corrected chi connectivity index (χ3v) is 0. The zero-order chi connectivity index (χ0) is 8.99. The van der Waals surface area contributed by atoms with Crippen LogP contribution < -0.4 is 0 Å². The molecule has 0 aliphatic carbocycles. The van der Waals surface area contributed by atoms with Crippen LogP contribution in [0.1, 0.15) is 0 Å². The Morgan fingerprint density at radius 2 is 1.40 bits per heavy atom. The molecule has 0 aromatic heterocycles. The molecule has 0 rings (SSSR count). The fourth-order valence-corrected chi connectivity index (χ4v) is 0. The molecule has 0 spiro atoms. The van der Waals surface area contributed by atoms with E-state index < -0.39 is 6.08 Å². The van der Waals surface area contributed by atoms with Crippen molar-refractivity contribution >= 4 is 11.6 Å². The predicted molar refractivity (Wildman–Crippen MR) is 42.2 cm³/mol. The van der Waals surface area contributed by atoms with Crippen LogP contribution in [0.5, 0.6) is 0 Å². The molecule has 0 saturated heterocycles. The summed E-state index contributed by atoms with van der Waals surface area (Å²) in [4.78, 5) is 0. The fraction of sp³-hybridized carbons (Fsp3) is 0. The van der Waals surface area contributed by atoms with Crippen molar-refractivity contribution in [3.63, 3.8) is 0 Å². The lowest BCUT2D eigenvalue weighted by molar-refractivity contribution is 0.426. The van der Waals surface area contributed by atoms with Gasteiger partial charge in [-0.3, -0.25) is 0 Å². The van der Waals surface area contributed by atoms with Gasteiger partial charge in [0.05, 0.1) is 0 Å². The minimum atomic E-state index is -1.83. The van der Waals surface area contributed by atoms with Crippen LogP contribution in [0.2, 0.25) is 0 Å². The third kappa shape index (κ3) is 374. The van der Waals surface area contributed by atoms with E-state index in [0.29, 0.717) is 0 Å². The molecule has 0 amide bonds. The molecule has 0 atom stereocenters. The predicted octanol–water partition coefficient (Wildman–Crippen LogP) is 3.72. The molecule has 0 saturated carbocycles. The van der Waals surface area contributed by atoms with Crippen LogP contribution in [0.4, 0.5) is 8.78 Å². The highest BCUT2D eigenvalue weighted by atomic mass is 35.5. The number of hydrogen-bond donors (Lipinski definition) is 0. The Labute approximate surface area is 64.8 Å².